The minimum absolute atomic E-state index is 0.182. The molecule has 122 valence electrons. The van der Waals surface area contributed by atoms with E-state index in [1.54, 1.807) is 25.4 Å². The van der Waals surface area contributed by atoms with Crippen molar-refractivity contribution >= 4 is 45.8 Å². The summed E-state index contributed by atoms with van der Waals surface area (Å²) in [5.74, 6) is 0.109. The lowest BCUT2D eigenvalue weighted by Crippen LogP contribution is -2.23. The van der Waals surface area contributed by atoms with Crippen molar-refractivity contribution in [3.8, 4) is 0 Å². The van der Waals surface area contributed by atoms with Crippen molar-refractivity contribution < 1.29 is 4.79 Å². The van der Waals surface area contributed by atoms with Gasteiger partial charge in [-0.3, -0.25) is 10.1 Å². The van der Waals surface area contributed by atoms with Gasteiger partial charge in [0.15, 0.2) is 4.34 Å². The maximum absolute atomic E-state index is 12.1. The molecule has 1 unspecified atom stereocenters. The van der Waals surface area contributed by atoms with Gasteiger partial charge < -0.3 is 5.32 Å². The summed E-state index contributed by atoms with van der Waals surface area (Å²) in [6.07, 6.45) is 3.15. The SMILES string of the molecule is CC(Sc1nnc(Nc2ccccc2)s1)C(=O)Nc1ncccn1. The molecule has 3 rings (SSSR count). The molecule has 0 saturated carbocycles. The van der Waals surface area contributed by atoms with Crippen molar-refractivity contribution in [2.24, 2.45) is 0 Å². The summed E-state index contributed by atoms with van der Waals surface area (Å²) in [7, 11) is 0. The first-order chi connectivity index (χ1) is 11.7. The summed E-state index contributed by atoms with van der Waals surface area (Å²) in [5.41, 5.74) is 0.942. The zero-order chi connectivity index (χ0) is 16.8. The standard InChI is InChI=1S/C15H14N6OS2/c1-10(12(22)19-13-16-8-5-9-17-13)23-15-21-20-14(24-15)18-11-6-3-2-4-7-11/h2-10H,1H3,(H,18,20)(H,16,17,19,22). The van der Waals surface area contributed by atoms with Crippen molar-refractivity contribution in [2.45, 2.75) is 16.5 Å². The molecule has 0 bridgehead atoms. The van der Waals surface area contributed by atoms with E-state index in [1.165, 1.54) is 23.1 Å². The zero-order valence-corrected chi connectivity index (χ0v) is 14.3. The fraction of sp³-hybridized carbons (Fsp3) is 0.133. The van der Waals surface area contributed by atoms with Gasteiger partial charge in [0.25, 0.3) is 0 Å². The van der Waals surface area contributed by atoms with E-state index < -0.39 is 0 Å². The lowest BCUT2D eigenvalue weighted by atomic mass is 10.3. The smallest absolute Gasteiger partial charge is 0.240 e. The van der Waals surface area contributed by atoms with Crippen LogP contribution in [0.4, 0.5) is 16.8 Å². The molecule has 0 spiro atoms. The van der Waals surface area contributed by atoms with E-state index in [9.17, 15) is 4.79 Å². The molecular weight excluding hydrogens is 344 g/mol. The highest BCUT2D eigenvalue weighted by Crippen LogP contribution is 2.30. The van der Waals surface area contributed by atoms with Gasteiger partial charge in [-0.15, -0.1) is 10.2 Å². The normalized spacial score (nSPS) is 11.7. The number of aromatic nitrogens is 4. The summed E-state index contributed by atoms with van der Waals surface area (Å²) < 4.78 is 0.713. The number of amides is 1. The van der Waals surface area contributed by atoms with Gasteiger partial charge in [0.05, 0.1) is 5.25 Å². The Hall–Kier alpha value is -2.52. The molecule has 3 aromatic rings. The Morgan fingerprint density at radius 3 is 2.62 bits per heavy atom. The first-order valence-electron chi connectivity index (χ1n) is 7.11. The Kier molecular flexibility index (Phi) is 5.34. The predicted octanol–water partition coefficient (Wildman–Crippen LogP) is 3.19. The van der Waals surface area contributed by atoms with Crippen LogP contribution in [0.2, 0.25) is 0 Å². The van der Waals surface area contributed by atoms with Crippen LogP contribution in [0.25, 0.3) is 0 Å². The Morgan fingerprint density at radius 1 is 1.12 bits per heavy atom. The van der Waals surface area contributed by atoms with E-state index >= 15 is 0 Å². The lowest BCUT2D eigenvalue weighted by Gasteiger charge is -2.08. The van der Waals surface area contributed by atoms with Gasteiger partial charge in [-0.1, -0.05) is 41.3 Å². The monoisotopic (exact) mass is 358 g/mol. The maximum atomic E-state index is 12.1. The van der Waals surface area contributed by atoms with Gasteiger partial charge in [-0.05, 0) is 25.1 Å². The second-order valence-electron chi connectivity index (χ2n) is 4.69. The van der Waals surface area contributed by atoms with Crippen LogP contribution < -0.4 is 10.6 Å². The molecule has 1 amide bonds. The third-order valence-corrected chi connectivity index (χ3v) is 4.90. The molecular formula is C15H14N6OS2. The Balaban J connectivity index is 1.57. The summed E-state index contributed by atoms with van der Waals surface area (Å²) >= 11 is 2.74. The van der Waals surface area contributed by atoms with E-state index in [-0.39, 0.29) is 11.2 Å². The first-order valence-corrected chi connectivity index (χ1v) is 8.80. The topological polar surface area (TPSA) is 92.7 Å². The Morgan fingerprint density at radius 2 is 1.88 bits per heavy atom. The van der Waals surface area contributed by atoms with Crippen molar-refractivity contribution in [3.63, 3.8) is 0 Å². The predicted molar refractivity (Wildman–Crippen MR) is 95.6 cm³/mol. The van der Waals surface area contributed by atoms with Crippen molar-refractivity contribution in [1.82, 2.24) is 20.2 Å². The summed E-state index contributed by atoms with van der Waals surface area (Å²) in [4.78, 5) is 20.1. The highest BCUT2D eigenvalue weighted by Gasteiger charge is 2.18. The molecule has 2 N–H and O–H groups in total. The second-order valence-corrected chi connectivity index (χ2v) is 7.25. The van der Waals surface area contributed by atoms with E-state index in [0.29, 0.717) is 15.4 Å². The molecule has 0 radical (unpaired) electrons. The van der Waals surface area contributed by atoms with Crippen molar-refractivity contribution in [3.05, 3.63) is 48.8 Å². The Bertz CT molecular complexity index is 796. The van der Waals surface area contributed by atoms with Gasteiger partial charge in [-0.25, -0.2) is 9.97 Å². The molecule has 0 aliphatic heterocycles. The van der Waals surface area contributed by atoms with Crippen LogP contribution in [-0.2, 0) is 4.79 Å². The van der Waals surface area contributed by atoms with Gasteiger partial charge in [-0.2, -0.15) is 0 Å². The highest BCUT2D eigenvalue weighted by atomic mass is 32.2. The third kappa shape index (κ3) is 4.49. The van der Waals surface area contributed by atoms with Crippen molar-refractivity contribution in [1.29, 1.82) is 0 Å². The molecule has 0 aliphatic carbocycles. The van der Waals surface area contributed by atoms with Crippen LogP contribution in [0.1, 0.15) is 6.92 Å². The molecule has 2 aromatic heterocycles. The number of carbonyl (C=O) groups is 1. The largest absolute Gasteiger partial charge is 0.330 e. The van der Waals surface area contributed by atoms with E-state index in [4.69, 9.17) is 0 Å². The molecule has 24 heavy (non-hydrogen) atoms. The maximum Gasteiger partial charge on any atom is 0.240 e. The lowest BCUT2D eigenvalue weighted by molar-refractivity contribution is -0.115. The summed E-state index contributed by atoms with van der Waals surface area (Å²) in [6.45, 7) is 1.80. The molecule has 2 heterocycles. The quantitative estimate of drug-likeness (QED) is 0.654. The van der Waals surface area contributed by atoms with E-state index in [2.05, 4.69) is 30.8 Å². The molecule has 7 nitrogen and oxygen atoms in total. The molecule has 1 aromatic carbocycles. The third-order valence-electron chi connectivity index (χ3n) is 2.88. The Labute approximate surface area is 147 Å². The molecule has 1 atom stereocenters. The minimum atomic E-state index is -0.341. The van der Waals surface area contributed by atoms with Crippen LogP contribution in [0.5, 0.6) is 0 Å². The van der Waals surface area contributed by atoms with Crippen LogP contribution in [0, 0.1) is 0 Å². The number of anilines is 3. The average molecular weight is 358 g/mol. The molecule has 0 aliphatic rings. The zero-order valence-electron chi connectivity index (χ0n) is 12.7. The van der Waals surface area contributed by atoms with Gasteiger partial charge in [0, 0.05) is 18.1 Å². The van der Waals surface area contributed by atoms with Gasteiger partial charge >= 0.3 is 0 Å². The van der Waals surface area contributed by atoms with Crippen LogP contribution in [0.15, 0.2) is 53.1 Å². The highest BCUT2D eigenvalue weighted by molar-refractivity contribution is 8.02. The number of nitrogens with one attached hydrogen (secondary N) is 2. The number of para-hydroxylation sites is 1. The number of hydrogen-bond acceptors (Lipinski definition) is 8. The number of hydrogen-bond donors (Lipinski definition) is 2. The summed E-state index contributed by atoms with van der Waals surface area (Å²) in [5, 5.41) is 14.4. The molecule has 0 fully saturated rings. The molecule has 0 saturated heterocycles. The van der Waals surface area contributed by atoms with Crippen LogP contribution in [0.3, 0.4) is 0 Å². The summed E-state index contributed by atoms with van der Waals surface area (Å²) in [6, 6.07) is 11.4. The number of carbonyl (C=O) groups excluding carboxylic acids is 1. The first kappa shape index (κ1) is 16.3. The van der Waals surface area contributed by atoms with Gasteiger partial charge in [0.1, 0.15) is 0 Å². The van der Waals surface area contributed by atoms with E-state index in [1.807, 2.05) is 30.3 Å². The van der Waals surface area contributed by atoms with Crippen LogP contribution >= 0.6 is 23.1 Å². The number of thioether (sulfide) groups is 1. The minimum Gasteiger partial charge on any atom is -0.330 e. The number of rotatable bonds is 6. The van der Waals surface area contributed by atoms with E-state index in [0.717, 1.165) is 5.69 Å². The van der Waals surface area contributed by atoms with Crippen LogP contribution in [-0.4, -0.2) is 31.3 Å². The number of benzene rings is 1. The fourth-order valence-electron chi connectivity index (χ4n) is 1.73. The second kappa shape index (κ2) is 7.84. The van der Waals surface area contributed by atoms with Crippen molar-refractivity contribution in [2.75, 3.05) is 10.6 Å². The molecule has 9 heteroatoms. The number of nitrogens with zero attached hydrogens (tertiary/aromatic N) is 4. The fourth-order valence-corrected chi connectivity index (χ4v) is 3.65. The average Bonchev–Trinajstić information content (AvgIpc) is 3.03. The van der Waals surface area contributed by atoms with Gasteiger partial charge in [0.2, 0.25) is 17.0 Å².